The third-order valence-corrected chi connectivity index (χ3v) is 4.01. The molecule has 2 fully saturated rings. The maximum atomic E-state index is 12.3. The van der Waals surface area contributed by atoms with Crippen molar-refractivity contribution in [3.05, 3.63) is 0 Å². The van der Waals surface area contributed by atoms with E-state index in [9.17, 15) is 14.4 Å². The summed E-state index contributed by atoms with van der Waals surface area (Å²) in [6.45, 7) is 7.38. The first-order valence-electron chi connectivity index (χ1n) is 7.74. The van der Waals surface area contributed by atoms with Crippen molar-refractivity contribution in [2.24, 2.45) is 11.8 Å². The van der Waals surface area contributed by atoms with E-state index in [0.717, 1.165) is 12.8 Å². The molecule has 6 nitrogen and oxygen atoms in total. The molecule has 3 amide bonds. The molecule has 0 radical (unpaired) electrons. The molecule has 6 heteroatoms. The Bertz CT molecular complexity index is 432. The Balaban J connectivity index is 2.01. The standard InChI is InChI=1S/C15H25N3O3/c1-10(2)8-16-14(20)13-9-17(15(21)12-4-5-12)6-7-18(13)11(3)19/h10,12-13H,4-9H2,1-3H3,(H,16,20). The lowest BCUT2D eigenvalue weighted by Gasteiger charge is -2.40. The van der Waals surface area contributed by atoms with Gasteiger partial charge >= 0.3 is 0 Å². The van der Waals surface area contributed by atoms with Gasteiger partial charge in [0.2, 0.25) is 17.7 Å². The van der Waals surface area contributed by atoms with E-state index >= 15 is 0 Å². The predicted molar refractivity (Wildman–Crippen MR) is 78.3 cm³/mol. The van der Waals surface area contributed by atoms with Gasteiger partial charge in [0.05, 0.1) is 6.54 Å². The zero-order chi connectivity index (χ0) is 15.6. The van der Waals surface area contributed by atoms with E-state index in [2.05, 4.69) is 5.32 Å². The predicted octanol–water partition coefficient (Wildman–Crippen LogP) is 0.228. The fourth-order valence-corrected chi connectivity index (χ4v) is 2.60. The van der Waals surface area contributed by atoms with Crippen molar-refractivity contribution < 1.29 is 14.4 Å². The molecule has 1 heterocycles. The summed E-state index contributed by atoms with van der Waals surface area (Å²) in [6.07, 6.45) is 1.91. The van der Waals surface area contributed by atoms with Crippen molar-refractivity contribution in [1.29, 1.82) is 0 Å². The minimum atomic E-state index is -0.558. The molecule has 2 aliphatic rings. The van der Waals surface area contributed by atoms with Gasteiger partial charge in [0.25, 0.3) is 0 Å². The highest BCUT2D eigenvalue weighted by Crippen LogP contribution is 2.31. The Hall–Kier alpha value is -1.59. The number of nitrogens with one attached hydrogen (secondary N) is 1. The third-order valence-electron chi connectivity index (χ3n) is 4.01. The van der Waals surface area contributed by atoms with Gasteiger partial charge in [-0.05, 0) is 18.8 Å². The first-order chi connectivity index (χ1) is 9.90. The molecule has 0 aromatic rings. The van der Waals surface area contributed by atoms with Crippen LogP contribution in [0.2, 0.25) is 0 Å². The average Bonchev–Trinajstić information content (AvgIpc) is 3.27. The molecular formula is C15H25N3O3. The number of nitrogens with zero attached hydrogens (tertiary/aromatic N) is 2. The summed E-state index contributed by atoms with van der Waals surface area (Å²) in [5.41, 5.74) is 0. The summed E-state index contributed by atoms with van der Waals surface area (Å²) in [5, 5.41) is 2.87. The van der Waals surface area contributed by atoms with Crippen molar-refractivity contribution >= 4 is 17.7 Å². The Morgan fingerprint density at radius 3 is 2.38 bits per heavy atom. The van der Waals surface area contributed by atoms with Crippen LogP contribution in [0.25, 0.3) is 0 Å². The van der Waals surface area contributed by atoms with E-state index < -0.39 is 6.04 Å². The van der Waals surface area contributed by atoms with Gasteiger partial charge in [-0.15, -0.1) is 0 Å². The van der Waals surface area contributed by atoms with Gasteiger partial charge in [-0.2, -0.15) is 0 Å². The van der Waals surface area contributed by atoms with Gasteiger partial charge in [-0.3, -0.25) is 14.4 Å². The number of hydrogen-bond acceptors (Lipinski definition) is 3. The molecule has 1 aliphatic carbocycles. The summed E-state index contributed by atoms with van der Waals surface area (Å²) in [6, 6.07) is -0.558. The molecule has 2 rings (SSSR count). The lowest BCUT2D eigenvalue weighted by Crippen LogP contribution is -2.61. The van der Waals surface area contributed by atoms with E-state index in [1.807, 2.05) is 13.8 Å². The van der Waals surface area contributed by atoms with E-state index in [1.54, 1.807) is 9.80 Å². The van der Waals surface area contributed by atoms with Crippen molar-refractivity contribution in [1.82, 2.24) is 15.1 Å². The number of rotatable bonds is 4. The number of hydrogen-bond donors (Lipinski definition) is 1. The molecule has 1 saturated heterocycles. The molecule has 1 saturated carbocycles. The highest BCUT2D eigenvalue weighted by atomic mass is 16.2. The minimum Gasteiger partial charge on any atom is -0.354 e. The second-order valence-corrected chi connectivity index (χ2v) is 6.43. The number of carbonyl (C=O) groups excluding carboxylic acids is 3. The molecule has 1 unspecified atom stereocenters. The van der Waals surface area contributed by atoms with E-state index in [0.29, 0.717) is 32.1 Å². The molecule has 0 aromatic carbocycles. The first kappa shape index (κ1) is 15.8. The maximum Gasteiger partial charge on any atom is 0.244 e. The van der Waals surface area contributed by atoms with E-state index in [1.165, 1.54) is 6.92 Å². The lowest BCUT2D eigenvalue weighted by atomic mass is 10.1. The van der Waals surface area contributed by atoms with Crippen molar-refractivity contribution in [3.8, 4) is 0 Å². The highest BCUT2D eigenvalue weighted by molar-refractivity contribution is 5.89. The van der Waals surface area contributed by atoms with Gasteiger partial charge in [0.1, 0.15) is 6.04 Å². The Labute approximate surface area is 125 Å². The number of piperazine rings is 1. The van der Waals surface area contributed by atoms with Gasteiger partial charge in [-0.1, -0.05) is 13.8 Å². The Kier molecular flexibility index (Phi) is 4.85. The van der Waals surface area contributed by atoms with Crippen LogP contribution >= 0.6 is 0 Å². The summed E-state index contributed by atoms with van der Waals surface area (Å²) in [4.78, 5) is 39.5. The molecular weight excluding hydrogens is 270 g/mol. The summed E-state index contributed by atoms with van der Waals surface area (Å²) >= 11 is 0. The summed E-state index contributed by atoms with van der Waals surface area (Å²) in [5.74, 6) is 0.367. The average molecular weight is 295 g/mol. The monoisotopic (exact) mass is 295 g/mol. The largest absolute Gasteiger partial charge is 0.354 e. The molecule has 0 spiro atoms. The zero-order valence-corrected chi connectivity index (χ0v) is 13.1. The summed E-state index contributed by atoms with van der Waals surface area (Å²) in [7, 11) is 0. The fourth-order valence-electron chi connectivity index (χ4n) is 2.60. The Morgan fingerprint density at radius 1 is 1.19 bits per heavy atom. The molecule has 1 N–H and O–H groups in total. The van der Waals surface area contributed by atoms with Crippen LogP contribution in [0.15, 0.2) is 0 Å². The van der Waals surface area contributed by atoms with Crippen LogP contribution in [-0.2, 0) is 14.4 Å². The van der Waals surface area contributed by atoms with Crippen molar-refractivity contribution in [2.45, 2.75) is 39.7 Å². The van der Waals surface area contributed by atoms with Crippen LogP contribution in [0, 0.1) is 11.8 Å². The van der Waals surface area contributed by atoms with Gasteiger partial charge in [0, 0.05) is 32.5 Å². The Morgan fingerprint density at radius 2 is 1.86 bits per heavy atom. The van der Waals surface area contributed by atoms with E-state index in [-0.39, 0.29) is 23.6 Å². The fraction of sp³-hybridized carbons (Fsp3) is 0.800. The highest BCUT2D eigenvalue weighted by Gasteiger charge is 2.40. The molecule has 21 heavy (non-hydrogen) atoms. The number of carbonyl (C=O) groups is 3. The first-order valence-corrected chi connectivity index (χ1v) is 7.74. The van der Waals surface area contributed by atoms with Gasteiger partial charge < -0.3 is 15.1 Å². The van der Waals surface area contributed by atoms with Crippen LogP contribution in [0.4, 0.5) is 0 Å². The maximum absolute atomic E-state index is 12.3. The van der Waals surface area contributed by atoms with Gasteiger partial charge in [0.15, 0.2) is 0 Å². The third kappa shape index (κ3) is 3.95. The molecule has 1 atom stereocenters. The number of amides is 3. The molecule has 118 valence electrons. The smallest absolute Gasteiger partial charge is 0.244 e. The molecule has 1 aliphatic heterocycles. The SMILES string of the molecule is CC(=O)N1CCN(C(=O)C2CC2)CC1C(=O)NCC(C)C. The lowest BCUT2D eigenvalue weighted by molar-refractivity contribution is -0.147. The molecule has 0 bridgehead atoms. The second kappa shape index (κ2) is 6.45. The van der Waals surface area contributed by atoms with Crippen LogP contribution in [-0.4, -0.2) is 59.7 Å². The van der Waals surface area contributed by atoms with Crippen LogP contribution in [0.3, 0.4) is 0 Å². The normalized spacial score (nSPS) is 22.4. The van der Waals surface area contributed by atoms with Crippen molar-refractivity contribution in [2.75, 3.05) is 26.2 Å². The second-order valence-electron chi connectivity index (χ2n) is 6.43. The molecule has 0 aromatic heterocycles. The van der Waals surface area contributed by atoms with Crippen molar-refractivity contribution in [3.63, 3.8) is 0 Å². The van der Waals surface area contributed by atoms with Crippen LogP contribution in [0.5, 0.6) is 0 Å². The van der Waals surface area contributed by atoms with Gasteiger partial charge in [-0.25, -0.2) is 0 Å². The van der Waals surface area contributed by atoms with E-state index in [4.69, 9.17) is 0 Å². The van der Waals surface area contributed by atoms with Crippen LogP contribution < -0.4 is 5.32 Å². The zero-order valence-electron chi connectivity index (χ0n) is 13.1. The topological polar surface area (TPSA) is 69.7 Å². The minimum absolute atomic E-state index is 0.113. The quantitative estimate of drug-likeness (QED) is 0.807. The van der Waals surface area contributed by atoms with Crippen LogP contribution in [0.1, 0.15) is 33.6 Å². The summed E-state index contributed by atoms with van der Waals surface area (Å²) < 4.78 is 0.